The van der Waals surface area contributed by atoms with E-state index in [-0.39, 0.29) is 0 Å². The van der Waals surface area contributed by atoms with Gasteiger partial charge in [-0.3, -0.25) is 0 Å². The molecule has 26 heteroatoms. The zero-order valence-electron chi connectivity index (χ0n) is 76.0. The van der Waals surface area contributed by atoms with Gasteiger partial charge in [0.25, 0.3) is 5.01 Å². The highest BCUT2D eigenvalue weighted by atomic mass is 32.1. The van der Waals surface area contributed by atoms with Crippen molar-refractivity contribution in [2.24, 2.45) is 0 Å². The van der Waals surface area contributed by atoms with Gasteiger partial charge in [-0.2, -0.15) is 20.4 Å². The number of hydrogen-bond donors (Lipinski definition) is 0. The molecule has 0 saturated heterocycles. The predicted molar refractivity (Wildman–Crippen MR) is 529 cm³/mol. The molecule has 144 heavy (non-hydrogen) atoms. The van der Waals surface area contributed by atoms with Crippen LogP contribution in [0.1, 0.15) is 22.3 Å². The van der Waals surface area contributed by atoms with E-state index in [2.05, 4.69) is 367 Å². The van der Waals surface area contributed by atoms with Crippen molar-refractivity contribution in [3.05, 3.63) is 460 Å². The van der Waals surface area contributed by atoms with Gasteiger partial charge in [-0.1, -0.05) is 291 Å². The van der Waals surface area contributed by atoms with Crippen LogP contribution in [0.3, 0.4) is 0 Å². The second kappa shape index (κ2) is 28.1. The maximum Gasteiger partial charge on any atom is 0.507 e. The van der Waals surface area contributed by atoms with Crippen LogP contribution >= 0.6 is 11.3 Å². The Morgan fingerprint density at radius 2 is 0.632 bits per heavy atom. The summed E-state index contributed by atoms with van der Waals surface area (Å²) in [5, 5.41) is 29.0. The van der Waals surface area contributed by atoms with Gasteiger partial charge in [-0.05, 0) is 151 Å². The topological polar surface area (TPSA) is 188 Å². The number of aromatic nitrogens is 20. The summed E-state index contributed by atoms with van der Waals surface area (Å²) in [6.45, 7) is 0. The SMILES string of the molecule is c1ccc(-c2ccc(-c3cc4n(n3)C35c6c(cccc6-c6occ[n+]63)Oc3cccc-4[n+]35)cc2)cc1.c1ccc(-c2ccc(-c3cc4n(n3)C35c6c(cccc6-c6scc[n+]63)Oc3cccc-4[n+]35)cc2)cc1.c1ccc(-c2ccc(-c3cc4n(n3)C35c6c(cccc6-n6cnc[n+]63)Oc3cccc-4[n+]35)cc2)cc1.c1ccc(-c2ccc(-c3cc4n(n3)C35c6c(cccc6-n6ncc[n+]63)Oc3cccc-4[n+]35)cc2)cc1. The molecule has 0 radical (unpaired) electrons. The number of rotatable bonds is 8. The van der Waals surface area contributed by atoms with Crippen LogP contribution < -0.4 is 55.7 Å². The molecule has 0 fully saturated rings. The minimum atomic E-state index is -0.760. The van der Waals surface area contributed by atoms with Gasteiger partial charge in [0.15, 0.2) is 63.9 Å². The van der Waals surface area contributed by atoms with E-state index in [9.17, 15) is 0 Å². The van der Waals surface area contributed by atoms with Crippen molar-refractivity contribution in [2.45, 2.75) is 23.1 Å². The van der Waals surface area contributed by atoms with Crippen molar-refractivity contribution in [2.75, 3.05) is 0 Å². The molecule has 36 rings (SSSR count). The van der Waals surface area contributed by atoms with Crippen LogP contribution in [0, 0.1) is 0 Å². The first-order valence-electron chi connectivity index (χ1n) is 47.8. The predicted octanol–water partition coefficient (Wildman–Crippen LogP) is 19.1. The molecule has 12 aromatic heterocycles. The fourth-order valence-electron chi connectivity index (χ4n) is 24.3. The Morgan fingerprint density at radius 3 is 1.07 bits per heavy atom. The third kappa shape index (κ3) is 9.83. The van der Waals surface area contributed by atoms with E-state index in [0.717, 1.165) is 182 Å². The van der Waals surface area contributed by atoms with Gasteiger partial charge >= 0.3 is 58.9 Å². The van der Waals surface area contributed by atoms with Crippen LogP contribution in [-0.2, 0) is 23.1 Å². The zero-order chi connectivity index (χ0) is 93.7. The summed E-state index contributed by atoms with van der Waals surface area (Å²) in [6.07, 6.45) is 13.4. The molecule has 0 saturated carbocycles. The monoisotopic (exact) mass is 1880 g/mol. The summed E-state index contributed by atoms with van der Waals surface area (Å²) in [7, 11) is 0. The van der Waals surface area contributed by atoms with Crippen LogP contribution in [0.2, 0.25) is 0 Å². The Hall–Kier alpha value is -19.6. The summed E-state index contributed by atoms with van der Waals surface area (Å²) in [4.78, 5) is 6.43. The van der Waals surface area contributed by atoms with Crippen molar-refractivity contribution in [3.8, 4) is 215 Å². The molecule has 0 aliphatic carbocycles. The fraction of sp³-hybridized carbons (Fsp3) is 0.0339. The molecule has 0 N–H and O–H groups in total. The lowest BCUT2D eigenvalue weighted by Crippen LogP contribution is -2.76. The van der Waals surface area contributed by atoms with Crippen LogP contribution in [0.25, 0.3) is 168 Å². The Bertz CT molecular complexity index is 8580. The van der Waals surface area contributed by atoms with Crippen molar-refractivity contribution in [1.82, 2.24) is 58.7 Å². The standard InChI is InChI=1S/C30H18N4O2.C30H18N4OS.2C29H18N6O/c1-2-6-19(7-3-1)20-12-14-21(15-13-20)23-18-25-24-9-5-11-27-33(24)30(34(25)31-23)28-22(8-4-10-26(28)36-27)29-32(30)16-17-35-29;1-2-6-19(7-3-1)20-12-14-21(15-13-20)23-18-25-24-9-5-11-27-33(24)30(34(25)31-23)28-22(8-4-10-26(28)35-27)29-32(30)16-17-36-29;1-2-6-19(7-3-1)20-12-14-21(15-13-20)22-16-25-23-8-5-11-27-34(23)29(35(25)31-22)28-24(9-4-10-26(28)36-27)32-17-30-18-33(29)32;1-2-6-19(7-3-1)20-12-14-21(15-13-20)22-18-25-23-8-5-11-27-33(23)29(34(25)31-22)28-24(9-4-10-26(28)36-27)35-30-16-17-32(29)35/h4*1-18H/q4*+2. The number of nitrogens with zero attached hydrogens (tertiary/aromatic N) is 20. The van der Waals surface area contributed by atoms with E-state index in [1.54, 1.807) is 17.6 Å². The molecule has 25 nitrogen and oxygen atoms in total. The van der Waals surface area contributed by atoms with Gasteiger partial charge in [-0.15, -0.1) is 23.4 Å². The third-order valence-corrected chi connectivity index (χ3v) is 31.1. The lowest BCUT2D eigenvalue weighted by atomic mass is 10.0. The Morgan fingerprint density at radius 1 is 0.285 bits per heavy atom. The average Bonchev–Trinajstić information content (AvgIpc) is 1.50. The van der Waals surface area contributed by atoms with E-state index < -0.39 is 23.1 Å². The molecule has 4 unspecified atom stereocenters. The maximum atomic E-state index is 6.44. The smallest absolute Gasteiger partial charge is 0.406 e. The molecule has 24 heterocycles. The molecule has 4 atom stereocenters. The minimum Gasteiger partial charge on any atom is -0.406 e. The van der Waals surface area contributed by atoms with Gasteiger partial charge in [0.05, 0.1) is 58.0 Å². The fourth-order valence-corrected chi connectivity index (χ4v) is 25.2. The summed E-state index contributed by atoms with van der Waals surface area (Å²) >= 11 is 1.75. The van der Waals surface area contributed by atoms with Crippen molar-refractivity contribution >= 4 is 11.3 Å². The van der Waals surface area contributed by atoms with Crippen molar-refractivity contribution in [3.63, 3.8) is 0 Å². The second-order valence-electron chi connectivity index (χ2n) is 37.3. The van der Waals surface area contributed by atoms with Gasteiger partial charge in [-0.25, -0.2) is 0 Å². The van der Waals surface area contributed by atoms with E-state index in [4.69, 9.17) is 43.8 Å². The summed E-state index contributed by atoms with van der Waals surface area (Å²) in [5.41, 5.74) is 34.6. The highest BCUT2D eigenvalue weighted by molar-refractivity contribution is 7.12. The number of hydrogen-bond acceptors (Lipinski definition) is 12. The van der Waals surface area contributed by atoms with E-state index in [0.29, 0.717) is 0 Å². The van der Waals surface area contributed by atoms with Crippen molar-refractivity contribution in [1.29, 1.82) is 0 Å². The molecule has 12 aromatic carbocycles. The van der Waals surface area contributed by atoms with Crippen molar-refractivity contribution < 1.29 is 60.1 Å². The number of ether oxygens (including phenoxy) is 4. The summed E-state index contributed by atoms with van der Waals surface area (Å²) < 4.78 is 60.1. The van der Waals surface area contributed by atoms with Gasteiger partial charge in [0.1, 0.15) is 39.7 Å². The summed E-state index contributed by atoms with van der Waals surface area (Å²) in [5.74, 6) is 4.38. The molecular formula is C118H72N20O5S+8. The molecular weight excluding hydrogens is 1810 g/mol. The van der Waals surface area contributed by atoms with Gasteiger partial charge < -0.3 is 23.4 Å². The van der Waals surface area contributed by atoms with Crippen LogP contribution in [0.15, 0.2) is 442 Å². The Balaban J connectivity index is 0.0000000844. The van der Waals surface area contributed by atoms with Crippen LogP contribution in [0.5, 0.6) is 46.5 Å². The number of fused-ring (bicyclic) bond motifs is 16. The third-order valence-electron chi connectivity index (χ3n) is 30.2. The maximum absolute atomic E-state index is 6.44. The van der Waals surface area contributed by atoms with E-state index in [1.165, 1.54) is 55.1 Å². The zero-order valence-corrected chi connectivity index (χ0v) is 76.8. The number of oxazole rings is 1. The summed E-state index contributed by atoms with van der Waals surface area (Å²) in [6, 6.07) is 135. The minimum absolute atomic E-state index is 0.650. The molecule has 12 aliphatic heterocycles. The lowest BCUT2D eigenvalue weighted by Gasteiger charge is -2.24. The highest BCUT2D eigenvalue weighted by Crippen LogP contribution is 2.57. The first-order chi connectivity index (χ1) is 71.3. The first-order valence-corrected chi connectivity index (χ1v) is 48.7. The molecule has 12 aliphatic rings. The van der Waals surface area contributed by atoms with Crippen LogP contribution in [-0.4, -0.2) is 58.7 Å². The highest BCUT2D eigenvalue weighted by Gasteiger charge is 2.78. The largest absolute Gasteiger partial charge is 0.507 e. The molecule has 0 amide bonds. The normalized spacial score (nSPS) is 17.2. The number of benzene rings is 12. The van der Waals surface area contributed by atoms with E-state index in [1.807, 2.05) is 139 Å². The molecule has 24 aromatic rings. The number of thiazole rings is 1. The Kier molecular flexibility index (Phi) is 15.1. The van der Waals surface area contributed by atoms with Crippen LogP contribution in [0.4, 0.5) is 0 Å². The average molecular weight is 1880 g/mol. The molecule has 672 valence electrons. The lowest BCUT2D eigenvalue weighted by molar-refractivity contribution is -1.01. The second-order valence-corrected chi connectivity index (χ2v) is 38.2. The first kappa shape index (κ1) is 77.4. The van der Waals surface area contributed by atoms with Gasteiger partial charge in [0, 0.05) is 51.6 Å². The van der Waals surface area contributed by atoms with E-state index >= 15 is 0 Å². The number of pyridine rings is 4. The Labute approximate surface area is 822 Å². The molecule has 0 bridgehead atoms. The van der Waals surface area contributed by atoms with Gasteiger partial charge in [0.2, 0.25) is 41.5 Å². The molecule has 4 spiro atoms. The quantitative estimate of drug-likeness (QED) is 0.132.